The molecule has 0 aliphatic rings. The predicted molar refractivity (Wildman–Crippen MR) is 66.2 cm³/mol. The zero-order chi connectivity index (χ0) is 13.1. The molecule has 18 heavy (non-hydrogen) atoms. The van der Waals surface area contributed by atoms with Crippen molar-refractivity contribution in [1.29, 1.82) is 0 Å². The molecule has 2 rings (SSSR count). The average molecular weight is 246 g/mol. The molecule has 0 bridgehead atoms. The summed E-state index contributed by atoms with van der Waals surface area (Å²) in [6.45, 7) is 0.518. The first kappa shape index (κ1) is 12.0. The summed E-state index contributed by atoms with van der Waals surface area (Å²) in [4.78, 5) is 17.0. The van der Waals surface area contributed by atoms with Crippen LogP contribution in [0.1, 0.15) is 16.1 Å². The van der Waals surface area contributed by atoms with Crippen LogP contribution in [0.5, 0.6) is 0 Å². The van der Waals surface area contributed by atoms with E-state index in [2.05, 4.69) is 15.3 Å². The molecule has 7 nitrogen and oxygen atoms in total. The molecule has 0 aromatic carbocycles. The van der Waals surface area contributed by atoms with Gasteiger partial charge >= 0.3 is 0 Å². The highest BCUT2D eigenvalue weighted by atomic mass is 16.1. The maximum absolute atomic E-state index is 10.9. The van der Waals surface area contributed by atoms with Crippen molar-refractivity contribution in [2.24, 2.45) is 5.73 Å². The molecule has 94 valence electrons. The summed E-state index contributed by atoms with van der Waals surface area (Å²) in [5, 5.41) is 7.52. The van der Waals surface area contributed by atoms with Gasteiger partial charge in [-0.3, -0.25) is 4.79 Å². The molecule has 0 aliphatic carbocycles. The number of nitrogens with zero attached hydrogens (tertiary/aromatic N) is 5. The third-order valence-electron chi connectivity index (χ3n) is 2.40. The van der Waals surface area contributed by atoms with Crippen LogP contribution in [0.3, 0.4) is 0 Å². The smallest absolute Gasteiger partial charge is 0.270 e. The lowest BCUT2D eigenvalue weighted by molar-refractivity contribution is 0.0995. The SMILES string of the molecule is CN(C)c1cc(Cn2cc(C(N)=O)nn2)ccn1. The first-order valence-electron chi connectivity index (χ1n) is 5.38. The molecule has 2 aromatic heterocycles. The lowest BCUT2D eigenvalue weighted by atomic mass is 10.2. The van der Waals surface area contributed by atoms with E-state index in [0.717, 1.165) is 11.4 Å². The van der Waals surface area contributed by atoms with Crippen molar-refractivity contribution in [2.45, 2.75) is 6.54 Å². The summed E-state index contributed by atoms with van der Waals surface area (Å²) >= 11 is 0. The molecule has 0 fully saturated rings. The van der Waals surface area contributed by atoms with Crippen LogP contribution < -0.4 is 10.6 Å². The number of hydrogen-bond acceptors (Lipinski definition) is 5. The molecule has 0 radical (unpaired) electrons. The van der Waals surface area contributed by atoms with Crippen molar-refractivity contribution < 1.29 is 4.79 Å². The molecule has 0 saturated heterocycles. The minimum Gasteiger partial charge on any atom is -0.364 e. The molecule has 0 atom stereocenters. The maximum Gasteiger partial charge on any atom is 0.270 e. The second kappa shape index (κ2) is 4.82. The Balaban J connectivity index is 2.17. The van der Waals surface area contributed by atoms with E-state index in [1.54, 1.807) is 10.9 Å². The Hall–Kier alpha value is -2.44. The Labute approximate surface area is 104 Å². The zero-order valence-electron chi connectivity index (χ0n) is 10.2. The van der Waals surface area contributed by atoms with E-state index < -0.39 is 5.91 Å². The van der Waals surface area contributed by atoms with E-state index >= 15 is 0 Å². The lowest BCUT2D eigenvalue weighted by Gasteiger charge is -2.11. The van der Waals surface area contributed by atoms with Gasteiger partial charge in [-0.15, -0.1) is 5.10 Å². The number of carbonyl (C=O) groups excluding carboxylic acids is 1. The highest BCUT2D eigenvalue weighted by Crippen LogP contribution is 2.10. The Bertz CT molecular complexity index is 562. The third-order valence-corrected chi connectivity index (χ3v) is 2.40. The average Bonchev–Trinajstić information content (AvgIpc) is 2.78. The normalized spacial score (nSPS) is 10.3. The molecule has 0 spiro atoms. The van der Waals surface area contributed by atoms with Gasteiger partial charge in [-0.05, 0) is 17.7 Å². The molecule has 2 aromatic rings. The van der Waals surface area contributed by atoms with Gasteiger partial charge in [-0.2, -0.15) is 0 Å². The van der Waals surface area contributed by atoms with Crippen molar-refractivity contribution in [2.75, 3.05) is 19.0 Å². The number of aromatic nitrogens is 4. The number of anilines is 1. The fourth-order valence-corrected chi connectivity index (χ4v) is 1.48. The second-order valence-corrected chi connectivity index (χ2v) is 4.08. The van der Waals surface area contributed by atoms with E-state index in [1.165, 1.54) is 6.20 Å². The predicted octanol–water partition coefficient (Wildman–Crippen LogP) is -0.114. The van der Waals surface area contributed by atoms with Crippen LogP contribution in [-0.4, -0.2) is 40.0 Å². The Kier molecular flexibility index (Phi) is 3.22. The quantitative estimate of drug-likeness (QED) is 0.812. The molecule has 1 amide bonds. The van der Waals surface area contributed by atoms with Gasteiger partial charge in [-0.1, -0.05) is 5.21 Å². The molecule has 0 aliphatic heterocycles. The van der Waals surface area contributed by atoms with Gasteiger partial charge in [0.1, 0.15) is 5.82 Å². The van der Waals surface area contributed by atoms with Crippen LogP contribution in [0.25, 0.3) is 0 Å². The fourth-order valence-electron chi connectivity index (χ4n) is 1.48. The van der Waals surface area contributed by atoms with Gasteiger partial charge in [0.05, 0.1) is 12.7 Å². The summed E-state index contributed by atoms with van der Waals surface area (Å²) in [5.41, 5.74) is 6.30. The molecular weight excluding hydrogens is 232 g/mol. The Morgan fingerprint density at radius 2 is 2.28 bits per heavy atom. The van der Waals surface area contributed by atoms with Crippen molar-refractivity contribution in [3.63, 3.8) is 0 Å². The highest BCUT2D eigenvalue weighted by molar-refractivity contribution is 5.90. The standard InChI is InChI=1S/C11H14N6O/c1-16(2)10-5-8(3-4-13-10)6-17-7-9(11(12)18)14-15-17/h3-5,7H,6H2,1-2H3,(H2,12,18). The van der Waals surface area contributed by atoms with E-state index in [0.29, 0.717) is 6.54 Å². The first-order chi connectivity index (χ1) is 8.56. The van der Waals surface area contributed by atoms with Crippen LogP contribution in [0.2, 0.25) is 0 Å². The monoisotopic (exact) mass is 246 g/mol. The van der Waals surface area contributed by atoms with Crippen LogP contribution in [-0.2, 0) is 6.54 Å². The van der Waals surface area contributed by atoms with Crippen LogP contribution >= 0.6 is 0 Å². The Morgan fingerprint density at radius 3 is 2.89 bits per heavy atom. The zero-order valence-corrected chi connectivity index (χ0v) is 10.2. The van der Waals surface area contributed by atoms with Crippen molar-refractivity contribution in [3.8, 4) is 0 Å². The van der Waals surface area contributed by atoms with E-state index in [1.807, 2.05) is 31.1 Å². The summed E-state index contributed by atoms with van der Waals surface area (Å²) in [7, 11) is 3.85. The minimum atomic E-state index is -0.579. The summed E-state index contributed by atoms with van der Waals surface area (Å²) in [6.07, 6.45) is 3.26. The molecule has 7 heteroatoms. The highest BCUT2D eigenvalue weighted by Gasteiger charge is 2.07. The van der Waals surface area contributed by atoms with Gasteiger partial charge in [0.2, 0.25) is 0 Å². The second-order valence-electron chi connectivity index (χ2n) is 4.08. The number of rotatable bonds is 4. The number of amides is 1. The number of primary amides is 1. The number of carbonyl (C=O) groups is 1. The number of hydrogen-bond donors (Lipinski definition) is 1. The number of nitrogens with two attached hydrogens (primary N) is 1. The van der Waals surface area contributed by atoms with E-state index in [9.17, 15) is 4.79 Å². The van der Waals surface area contributed by atoms with Crippen molar-refractivity contribution >= 4 is 11.7 Å². The topological polar surface area (TPSA) is 89.9 Å². The molecule has 0 saturated carbocycles. The number of pyridine rings is 1. The van der Waals surface area contributed by atoms with Crippen LogP contribution in [0.4, 0.5) is 5.82 Å². The lowest BCUT2D eigenvalue weighted by Crippen LogP contribution is -2.11. The summed E-state index contributed by atoms with van der Waals surface area (Å²) in [5.74, 6) is 0.285. The van der Waals surface area contributed by atoms with E-state index in [4.69, 9.17) is 5.73 Å². The van der Waals surface area contributed by atoms with Gasteiger partial charge in [0, 0.05) is 20.3 Å². The van der Waals surface area contributed by atoms with Crippen molar-refractivity contribution in [1.82, 2.24) is 20.0 Å². The van der Waals surface area contributed by atoms with Gasteiger partial charge in [0.25, 0.3) is 5.91 Å². The fraction of sp³-hybridized carbons (Fsp3) is 0.273. The van der Waals surface area contributed by atoms with Crippen molar-refractivity contribution in [3.05, 3.63) is 35.8 Å². The van der Waals surface area contributed by atoms with Crippen LogP contribution in [0, 0.1) is 0 Å². The third kappa shape index (κ3) is 2.62. The molecule has 2 N–H and O–H groups in total. The van der Waals surface area contributed by atoms with Gasteiger partial charge in [0.15, 0.2) is 5.69 Å². The maximum atomic E-state index is 10.9. The Morgan fingerprint density at radius 1 is 1.50 bits per heavy atom. The van der Waals surface area contributed by atoms with Gasteiger partial charge < -0.3 is 10.6 Å². The van der Waals surface area contributed by atoms with Gasteiger partial charge in [-0.25, -0.2) is 9.67 Å². The summed E-state index contributed by atoms with van der Waals surface area (Å²) in [6, 6.07) is 3.84. The summed E-state index contributed by atoms with van der Waals surface area (Å²) < 4.78 is 1.56. The van der Waals surface area contributed by atoms with Crippen LogP contribution in [0.15, 0.2) is 24.5 Å². The molecular formula is C11H14N6O. The minimum absolute atomic E-state index is 0.164. The first-order valence-corrected chi connectivity index (χ1v) is 5.38. The molecule has 0 unspecified atom stereocenters. The van der Waals surface area contributed by atoms with E-state index in [-0.39, 0.29) is 5.69 Å². The largest absolute Gasteiger partial charge is 0.364 e. The molecule has 2 heterocycles.